The zero-order chi connectivity index (χ0) is 14.1. The molecule has 100 valence electrons. The molecule has 3 rings (SSSR count). The molecule has 0 aliphatic carbocycles. The average Bonchev–Trinajstić information content (AvgIpc) is 2.76. The van der Waals surface area contributed by atoms with Crippen molar-refractivity contribution in [3.63, 3.8) is 0 Å². The largest absolute Gasteiger partial charge is 0.349 e. The van der Waals surface area contributed by atoms with Crippen LogP contribution in [0.1, 0.15) is 22.8 Å². The summed E-state index contributed by atoms with van der Waals surface area (Å²) in [7, 11) is 0. The van der Waals surface area contributed by atoms with E-state index in [2.05, 4.69) is 18.0 Å². The molecule has 0 aliphatic heterocycles. The lowest BCUT2D eigenvalue weighted by Gasteiger charge is -2.01. The fourth-order valence-corrected chi connectivity index (χ4v) is 3.36. The summed E-state index contributed by atoms with van der Waals surface area (Å²) < 4.78 is 0. The zero-order valence-electron chi connectivity index (χ0n) is 11.4. The number of carbonyl (C=O) groups excluding carboxylic acids is 1. The normalized spacial score (nSPS) is 10.9. The number of ketones is 1. The Morgan fingerprint density at radius 3 is 2.55 bits per heavy atom. The lowest BCUT2D eigenvalue weighted by Crippen LogP contribution is -1.92. The van der Waals surface area contributed by atoms with Crippen molar-refractivity contribution in [2.24, 2.45) is 0 Å². The monoisotopic (exact) mass is 281 g/mol. The van der Waals surface area contributed by atoms with Gasteiger partial charge in [0.05, 0.1) is 10.6 Å². The lowest BCUT2D eigenvalue weighted by molar-refractivity contribution is 0.101. The summed E-state index contributed by atoms with van der Waals surface area (Å²) in [6.45, 7) is 3.68. The third-order valence-electron chi connectivity index (χ3n) is 3.23. The minimum Gasteiger partial charge on any atom is -0.349 e. The number of aryl methyl sites for hydroxylation is 1. The Balaban J connectivity index is 2.14. The van der Waals surface area contributed by atoms with Gasteiger partial charge in [-0.1, -0.05) is 42.1 Å². The first kappa shape index (κ1) is 13.0. The van der Waals surface area contributed by atoms with Gasteiger partial charge in [-0.05, 0) is 37.6 Å². The Morgan fingerprint density at radius 1 is 1.10 bits per heavy atom. The highest BCUT2D eigenvalue weighted by Crippen LogP contribution is 2.34. The third-order valence-corrected chi connectivity index (χ3v) is 4.25. The van der Waals surface area contributed by atoms with E-state index in [0.717, 1.165) is 26.4 Å². The van der Waals surface area contributed by atoms with Gasteiger partial charge in [0.1, 0.15) is 0 Å². The maximum absolute atomic E-state index is 12.0. The van der Waals surface area contributed by atoms with E-state index in [0.29, 0.717) is 0 Å². The van der Waals surface area contributed by atoms with Crippen molar-refractivity contribution in [3.05, 3.63) is 59.7 Å². The molecule has 3 heteroatoms. The molecule has 20 heavy (non-hydrogen) atoms. The van der Waals surface area contributed by atoms with Gasteiger partial charge in [0.15, 0.2) is 5.78 Å². The highest BCUT2D eigenvalue weighted by atomic mass is 32.2. The van der Waals surface area contributed by atoms with Crippen molar-refractivity contribution >= 4 is 28.4 Å². The first-order valence-corrected chi connectivity index (χ1v) is 7.33. The molecule has 0 saturated carbocycles. The van der Waals surface area contributed by atoms with E-state index in [1.54, 1.807) is 18.7 Å². The third kappa shape index (κ3) is 2.37. The van der Waals surface area contributed by atoms with Crippen LogP contribution in [0, 0.1) is 6.92 Å². The second kappa shape index (κ2) is 5.17. The summed E-state index contributed by atoms with van der Waals surface area (Å²) in [4.78, 5) is 16.5. The van der Waals surface area contributed by atoms with Gasteiger partial charge in [-0.25, -0.2) is 0 Å². The van der Waals surface area contributed by atoms with Crippen LogP contribution in [0.25, 0.3) is 10.9 Å². The van der Waals surface area contributed by atoms with Gasteiger partial charge in [0.25, 0.3) is 0 Å². The number of aromatic amines is 1. The maximum Gasteiger partial charge on any atom is 0.163 e. The number of hydrogen-bond donors (Lipinski definition) is 1. The molecule has 0 radical (unpaired) electrons. The van der Waals surface area contributed by atoms with Crippen LogP contribution in [-0.4, -0.2) is 10.8 Å². The first-order valence-electron chi connectivity index (χ1n) is 6.51. The van der Waals surface area contributed by atoms with Gasteiger partial charge >= 0.3 is 0 Å². The summed E-state index contributed by atoms with van der Waals surface area (Å²) in [6, 6.07) is 16.2. The Morgan fingerprint density at radius 2 is 1.85 bits per heavy atom. The summed E-state index contributed by atoms with van der Waals surface area (Å²) in [5.74, 6) is 0.0959. The van der Waals surface area contributed by atoms with Crippen LogP contribution in [-0.2, 0) is 0 Å². The highest BCUT2D eigenvalue weighted by molar-refractivity contribution is 7.99. The summed E-state index contributed by atoms with van der Waals surface area (Å²) >= 11 is 1.60. The van der Waals surface area contributed by atoms with Gasteiger partial charge in [-0.2, -0.15) is 0 Å². The number of H-pyrrole nitrogens is 1. The first-order chi connectivity index (χ1) is 9.65. The molecular formula is C17H15NOS. The molecule has 0 amide bonds. The van der Waals surface area contributed by atoms with E-state index < -0.39 is 0 Å². The van der Waals surface area contributed by atoms with Gasteiger partial charge in [0.2, 0.25) is 0 Å². The summed E-state index contributed by atoms with van der Waals surface area (Å²) in [5, 5.41) is 1.92. The van der Waals surface area contributed by atoms with Crippen molar-refractivity contribution in [1.29, 1.82) is 0 Å². The molecule has 0 aliphatic rings. The van der Waals surface area contributed by atoms with E-state index in [1.165, 1.54) is 5.56 Å². The predicted octanol–water partition coefficient (Wildman–Crippen LogP) is 4.83. The number of aromatic nitrogens is 1. The van der Waals surface area contributed by atoms with Crippen molar-refractivity contribution < 1.29 is 4.79 Å². The number of benzene rings is 2. The number of rotatable bonds is 3. The molecule has 1 heterocycles. The Kier molecular flexibility index (Phi) is 3.36. The minimum atomic E-state index is 0.0959. The second-order valence-electron chi connectivity index (χ2n) is 4.85. The van der Waals surface area contributed by atoms with Crippen LogP contribution in [0.3, 0.4) is 0 Å². The SMILES string of the molecule is CC(=O)c1c(Sc2ccccc2)[nH]c2cc(C)ccc12. The molecule has 1 N–H and O–H groups in total. The molecular weight excluding hydrogens is 266 g/mol. The quantitative estimate of drug-likeness (QED) is 0.697. The molecule has 0 fully saturated rings. The molecule has 3 aromatic rings. The van der Waals surface area contributed by atoms with Crippen LogP contribution in [0.4, 0.5) is 0 Å². The number of hydrogen-bond acceptors (Lipinski definition) is 2. The number of carbonyl (C=O) groups is 1. The summed E-state index contributed by atoms with van der Waals surface area (Å²) in [6.07, 6.45) is 0. The Bertz CT molecular complexity index is 774. The Labute approximate surface area is 122 Å². The number of fused-ring (bicyclic) bond motifs is 1. The van der Waals surface area contributed by atoms with Gasteiger partial charge in [-0.15, -0.1) is 0 Å². The fraction of sp³-hybridized carbons (Fsp3) is 0.118. The van der Waals surface area contributed by atoms with Gasteiger partial charge < -0.3 is 4.98 Å². The van der Waals surface area contributed by atoms with Crippen LogP contribution < -0.4 is 0 Å². The maximum atomic E-state index is 12.0. The van der Waals surface area contributed by atoms with E-state index in [1.807, 2.05) is 42.5 Å². The smallest absolute Gasteiger partial charge is 0.163 e. The molecule has 2 aromatic carbocycles. The van der Waals surface area contributed by atoms with Crippen LogP contribution in [0.5, 0.6) is 0 Å². The molecule has 0 atom stereocenters. The lowest BCUT2D eigenvalue weighted by atomic mass is 10.1. The topological polar surface area (TPSA) is 32.9 Å². The molecule has 0 spiro atoms. The van der Waals surface area contributed by atoms with E-state index in [4.69, 9.17) is 0 Å². The average molecular weight is 281 g/mol. The molecule has 2 nitrogen and oxygen atoms in total. The molecule has 1 aromatic heterocycles. The predicted molar refractivity (Wildman–Crippen MR) is 83.6 cm³/mol. The Hall–Kier alpha value is -2.00. The second-order valence-corrected chi connectivity index (χ2v) is 5.93. The van der Waals surface area contributed by atoms with Crippen molar-refractivity contribution in [3.8, 4) is 0 Å². The van der Waals surface area contributed by atoms with E-state index in [-0.39, 0.29) is 5.78 Å². The van der Waals surface area contributed by atoms with Crippen LogP contribution in [0.2, 0.25) is 0 Å². The molecule has 0 bridgehead atoms. The zero-order valence-corrected chi connectivity index (χ0v) is 12.3. The highest BCUT2D eigenvalue weighted by Gasteiger charge is 2.16. The fourth-order valence-electron chi connectivity index (χ4n) is 2.32. The van der Waals surface area contributed by atoms with Crippen LogP contribution >= 0.6 is 11.8 Å². The van der Waals surface area contributed by atoms with Gasteiger partial charge in [0, 0.05) is 15.8 Å². The van der Waals surface area contributed by atoms with Crippen LogP contribution in [0.15, 0.2) is 58.5 Å². The number of Topliss-reactive ketones (excluding diaryl/α,β-unsaturated/α-hetero) is 1. The number of nitrogens with one attached hydrogen (secondary N) is 1. The van der Waals surface area contributed by atoms with Crippen molar-refractivity contribution in [2.75, 3.05) is 0 Å². The minimum absolute atomic E-state index is 0.0959. The van der Waals surface area contributed by atoms with Crippen molar-refractivity contribution in [2.45, 2.75) is 23.8 Å². The molecule has 0 saturated heterocycles. The summed E-state index contributed by atoms with van der Waals surface area (Å²) in [5.41, 5.74) is 2.99. The van der Waals surface area contributed by atoms with E-state index in [9.17, 15) is 4.79 Å². The molecule has 0 unspecified atom stereocenters. The van der Waals surface area contributed by atoms with Crippen molar-refractivity contribution in [1.82, 2.24) is 4.98 Å². The standard InChI is InChI=1S/C17H15NOS/c1-11-8-9-14-15(10-11)18-17(16(14)12(2)19)20-13-6-4-3-5-7-13/h3-10,18H,1-2H3. The van der Waals surface area contributed by atoms with Gasteiger partial charge in [-0.3, -0.25) is 4.79 Å². The van der Waals surface area contributed by atoms with E-state index >= 15 is 0 Å².